The lowest BCUT2D eigenvalue weighted by Crippen LogP contribution is -2.29. The van der Waals surface area contributed by atoms with E-state index in [9.17, 15) is 14.4 Å². The van der Waals surface area contributed by atoms with E-state index < -0.39 is 5.91 Å². The van der Waals surface area contributed by atoms with Crippen molar-refractivity contribution in [3.63, 3.8) is 0 Å². The van der Waals surface area contributed by atoms with Crippen LogP contribution in [0.25, 0.3) is 0 Å². The summed E-state index contributed by atoms with van der Waals surface area (Å²) in [4.78, 5) is 48.6. The Kier molecular flexibility index (Phi) is 6.47. The van der Waals surface area contributed by atoms with Crippen molar-refractivity contribution in [2.45, 2.75) is 26.8 Å². The standard InChI is InChI=1S/C29H25N5O3/c1-3-20-9-11-22(32-26-13-18(2)30-17-31-26)15-25(20)33-27(35)21-10-12-23-24(14-21)29(37)34(28(23)36)16-19-7-5-4-6-8-19/h4-15,17H,3,16H2,1-2H3,(H,33,35)(H,30,31,32). The summed E-state index contributed by atoms with van der Waals surface area (Å²) >= 11 is 0. The molecule has 184 valence electrons. The predicted molar refractivity (Wildman–Crippen MR) is 141 cm³/mol. The largest absolute Gasteiger partial charge is 0.340 e. The van der Waals surface area contributed by atoms with Crippen LogP contribution in [0.1, 0.15) is 54.8 Å². The summed E-state index contributed by atoms with van der Waals surface area (Å²) in [5.74, 6) is -0.480. The van der Waals surface area contributed by atoms with Gasteiger partial charge in [0.05, 0.1) is 17.7 Å². The molecule has 0 fully saturated rings. The number of fused-ring (bicyclic) bond motifs is 1. The van der Waals surface area contributed by atoms with Crippen LogP contribution in [-0.2, 0) is 13.0 Å². The lowest BCUT2D eigenvalue weighted by molar-refractivity contribution is 0.0642. The molecule has 0 radical (unpaired) electrons. The highest BCUT2D eigenvalue weighted by Crippen LogP contribution is 2.28. The van der Waals surface area contributed by atoms with Gasteiger partial charge in [-0.2, -0.15) is 0 Å². The predicted octanol–water partition coefficient (Wildman–Crippen LogP) is 5.14. The number of amides is 3. The van der Waals surface area contributed by atoms with Crippen molar-refractivity contribution in [2.24, 2.45) is 0 Å². The van der Waals surface area contributed by atoms with Crippen molar-refractivity contribution in [1.82, 2.24) is 14.9 Å². The zero-order chi connectivity index (χ0) is 25.9. The van der Waals surface area contributed by atoms with Gasteiger partial charge >= 0.3 is 0 Å². The minimum Gasteiger partial charge on any atom is -0.340 e. The number of nitrogens with zero attached hydrogens (tertiary/aromatic N) is 3. The summed E-state index contributed by atoms with van der Waals surface area (Å²) in [5.41, 5.74) is 4.90. The lowest BCUT2D eigenvalue weighted by Gasteiger charge is -2.14. The number of anilines is 3. The normalized spacial score (nSPS) is 12.4. The molecule has 8 heteroatoms. The van der Waals surface area contributed by atoms with E-state index in [0.29, 0.717) is 29.1 Å². The highest BCUT2D eigenvalue weighted by molar-refractivity contribution is 6.22. The second-order valence-corrected chi connectivity index (χ2v) is 8.79. The average Bonchev–Trinajstić information content (AvgIpc) is 3.14. The first-order valence-electron chi connectivity index (χ1n) is 12.0. The Balaban J connectivity index is 1.36. The first-order chi connectivity index (χ1) is 17.9. The molecule has 0 saturated carbocycles. The maximum atomic E-state index is 13.2. The van der Waals surface area contributed by atoms with Crippen LogP contribution in [0.2, 0.25) is 0 Å². The average molecular weight is 492 g/mol. The third-order valence-corrected chi connectivity index (χ3v) is 6.23. The summed E-state index contributed by atoms with van der Waals surface area (Å²) in [6, 6.07) is 21.5. The van der Waals surface area contributed by atoms with E-state index in [4.69, 9.17) is 0 Å². The van der Waals surface area contributed by atoms with E-state index in [1.54, 1.807) is 12.1 Å². The highest BCUT2D eigenvalue weighted by Gasteiger charge is 2.36. The van der Waals surface area contributed by atoms with E-state index in [0.717, 1.165) is 22.5 Å². The van der Waals surface area contributed by atoms with E-state index in [-0.39, 0.29) is 23.9 Å². The number of aryl methyl sites for hydroxylation is 2. The number of hydrogen-bond donors (Lipinski definition) is 2. The molecule has 8 nitrogen and oxygen atoms in total. The molecule has 1 aromatic heterocycles. The van der Waals surface area contributed by atoms with Crippen LogP contribution in [0.5, 0.6) is 0 Å². The fraction of sp³-hybridized carbons (Fsp3) is 0.138. The molecule has 2 N–H and O–H groups in total. The summed E-state index contributed by atoms with van der Waals surface area (Å²) in [7, 11) is 0. The van der Waals surface area contributed by atoms with Crippen molar-refractivity contribution < 1.29 is 14.4 Å². The molecule has 2 heterocycles. The number of carbonyl (C=O) groups excluding carboxylic acids is 3. The fourth-order valence-electron chi connectivity index (χ4n) is 4.29. The molecule has 0 saturated heterocycles. The van der Waals surface area contributed by atoms with Crippen LogP contribution < -0.4 is 10.6 Å². The molecule has 3 aromatic carbocycles. The second-order valence-electron chi connectivity index (χ2n) is 8.79. The zero-order valence-electron chi connectivity index (χ0n) is 20.5. The third kappa shape index (κ3) is 4.95. The summed E-state index contributed by atoms with van der Waals surface area (Å²) in [6.07, 6.45) is 2.20. The summed E-state index contributed by atoms with van der Waals surface area (Å²) in [6.45, 7) is 4.07. The number of benzene rings is 3. The van der Waals surface area contributed by atoms with Gasteiger partial charge in [0.2, 0.25) is 0 Å². The van der Waals surface area contributed by atoms with Gasteiger partial charge in [-0.25, -0.2) is 9.97 Å². The molecule has 0 spiro atoms. The quantitative estimate of drug-likeness (QED) is 0.347. The van der Waals surface area contributed by atoms with E-state index in [1.165, 1.54) is 17.3 Å². The van der Waals surface area contributed by atoms with Gasteiger partial charge in [-0.3, -0.25) is 19.3 Å². The smallest absolute Gasteiger partial charge is 0.261 e. The molecule has 0 unspecified atom stereocenters. The van der Waals surface area contributed by atoms with Crippen LogP contribution in [0, 0.1) is 6.92 Å². The topological polar surface area (TPSA) is 104 Å². The monoisotopic (exact) mass is 491 g/mol. The second kappa shape index (κ2) is 10.0. The number of aromatic nitrogens is 2. The molecule has 37 heavy (non-hydrogen) atoms. The van der Waals surface area contributed by atoms with Gasteiger partial charge in [-0.15, -0.1) is 0 Å². The minimum absolute atomic E-state index is 0.181. The van der Waals surface area contributed by atoms with Gasteiger partial charge in [0.25, 0.3) is 17.7 Å². The Morgan fingerprint density at radius 3 is 2.43 bits per heavy atom. The van der Waals surface area contributed by atoms with Crippen LogP contribution in [0.4, 0.5) is 17.2 Å². The maximum Gasteiger partial charge on any atom is 0.261 e. The fourth-order valence-corrected chi connectivity index (χ4v) is 4.29. The van der Waals surface area contributed by atoms with Crippen LogP contribution in [-0.4, -0.2) is 32.6 Å². The van der Waals surface area contributed by atoms with E-state index in [1.807, 2.05) is 68.4 Å². The highest BCUT2D eigenvalue weighted by atomic mass is 16.2. The molecule has 1 aliphatic heterocycles. The molecular weight excluding hydrogens is 466 g/mol. The van der Waals surface area contributed by atoms with Crippen molar-refractivity contribution in [3.8, 4) is 0 Å². The Hall–Kier alpha value is -4.85. The minimum atomic E-state index is -0.404. The SMILES string of the molecule is CCc1ccc(Nc2cc(C)ncn2)cc1NC(=O)c1ccc2c(c1)C(=O)N(Cc1ccccc1)C2=O. The molecule has 0 bridgehead atoms. The summed E-state index contributed by atoms with van der Waals surface area (Å²) < 4.78 is 0. The number of nitrogens with one attached hydrogen (secondary N) is 2. The molecule has 0 atom stereocenters. The first-order valence-corrected chi connectivity index (χ1v) is 12.0. The van der Waals surface area contributed by atoms with Gasteiger partial charge in [0.15, 0.2) is 0 Å². The molecule has 0 aliphatic carbocycles. The maximum absolute atomic E-state index is 13.2. The Morgan fingerprint density at radius 1 is 0.892 bits per heavy atom. The lowest BCUT2D eigenvalue weighted by atomic mass is 10.0. The molecule has 1 aliphatic rings. The van der Waals surface area contributed by atoms with Crippen molar-refractivity contribution in [2.75, 3.05) is 10.6 Å². The Labute approximate surface area is 214 Å². The van der Waals surface area contributed by atoms with Crippen LogP contribution in [0.15, 0.2) is 79.1 Å². The molecule has 4 aromatic rings. The number of hydrogen-bond acceptors (Lipinski definition) is 6. The summed E-state index contributed by atoms with van der Waals surface area (Å²) in [5, 5.41) is 6.19. The van der Waals surface area contributed by atoms with Crippen molar-refractivity contribution in [3.05, 3.63) is 113 Å². The van der Waals surface area contributed by atoms with Crippen LogP contribution >= 0.6 is 0 Å². The van der Waals surface area contributed by atoms with Gasteiger partial charge in [0.1, 0.15) is 12.1 Å². The van der Waals surface area contributed by atoms with E-state index in [2.05, 4.69) is 20.6 Å². The zero-order valence-corrected chi connectivity index (χ0v) is 20.5. The molecule has 3 amide bonds. The number of carbonyl (C=O) groups is 3. The Bertz CT molecular complexity index is 1520. The number of rotatable bonds is 7. The third-order valence-electron chi connectivity index (χ3n) is 6.23. The molecular formula is C29H25N5O3. The van der Waals surface area contributed by atoms with Crippen LogP contribution in [0.3, 0.4) is 0 Å². The van der Waals surface area contributed by atoms with Crippen molar-refractivity contribution in [1.29, 1.82) is 0 Å². The van der Waals surface area contributed by atoms with Crippen molar-refractivity contribution >= 4 is 34.9 Å². The number of imide groups is 1. The van der Waals surface area contributed by atoms with Gasteiger partial charge in [-0.05, 0) is 54.8 Å². The molecule has 5 rings (SSSR count). The first kappa shape index (κ1) is 23.9. The van der Waals surface area contributed by atoms with Gasteiger partial charge < -0.3 is 10.6 Å². The Morgan fingerprint density at radius 2 is 1.68 bits per heavy atom. The van der Waals surface area contributed by atoms with E-state index >= 15 is 0 Å². The van der Waals surface area contributed by atoms with Gasteiger partial charge in [-0.1, -0.05) is 43.3 Å². The van der Waals surface area contributed by atoms with Gasteiger partial charge in [0, 0.05) is 28.7 Å².